The molecule has 4 aromatic rings. The Kier molecular flexibility index (Phi) is 7.40. The van der Waals surface area contributed by atoms with Crippen LogP contribution >= 0.6 is 11.8 Å². The second-order valence-electron chi connectivity index (χ2n) is 8.57. The minimum atomic E-state index is -3.49. The van der Waals surface area contributed by atoms with Gasteiger partial charge in [0.25, 0.3) is 0 Å². The highest BCUT2D eigenvalue weighted by Crippen LogP contribution is 2.31. The fourth-order valence-corrected chi connectivity index (χ4v) is 6.48. The molecule has 190 valence electrons. The zero-order valence-electron chi connectivity index (χ0n) is 20.3. The van der Waals surface area contributed by atoms with Crippen LogP contribution in [0.4, 0.5) is 5.69 Å². The number of anilines is 1. The molecule has 37 heavy (non-hydrogen) atoms. The molecule has 0 unspecified atom stereocenters. The van der Waals surface area contributed by atoms with Gasteiger partial charge in [0.1, 0.15) is 10.8 Å². The van der Waals surface area contributed by atoms with Crippen molar-refractivity contribution in [2.24, 2.45) is 0 Å². The van der Waals surface area contributed by atoms with E-state index in [0.717, 1.165) is 29.3 Å². The lowest BCUT2D eigenvalue weighted by Gasteiger charge is -2.15. The van der Waals surface area contributed by atoms with E-state index in [4.69, 9.17) is 14.7 Å². The number of carbonyl (C=O) groups excluding carboxylic acids is 1. The van der Waals surface area contributed by atoms with Gasteiger partial charge in [0, 0.05) is 29.7 Å². The van der Waals surface area contributed by atoms with Gasteiger partial charge in [0.2, 0.25) is 15.9 Å². The van der Waals surface area contributed by atoms with Crippen molar-refractivity contribution in [3.05, 3.63) is 72.8 Å². The van der Waals surface area contributed by atoms with Crippen molar-refractivity contribution in [3.8, 4) is 17.1 Å². The monoisotopic (exact) mass is 534 g/mol. The molecular weight excluding hydrogens is 508 g/mol. The molecule has 2 heterocycles. The Hall–Kier alpha value is -3.47. The van der Waals surface area contributed by atoms with Gasteiger partial charge in [-0.3, -0.25) is 4.79 Å². The van der Waals surface area contributed by atoms with Crippen LogP contribution in [0.3, 0.4) is 0 Å². The first kappa shape index (κ1) is 25.2. The van der Waals surface area contributed by atoms with Crippen molar-refractivity contribution >= 4 is 44.3 Å². The molecule has 1 saturated heterocycles. The molecule has 1 amide bonds. The summed E-state index contributed by atoms with van der Waals surface area (Å²) in [5.41, 5.74) is 2.17. The summed E-state index contributed by atoms with van der Waals surface area (Å²) < 4.78 is 32.3. The van der Waals surface area contributed by atoms with Gasteiger partial charge in [-0.15, -0.1) is 0 Å². The van der Waals surface area contributed by atoms with Crippen LogP contribution in [0, 0.1) is 0 Å². The van der Waals surface area contributed by atoms with E-state index in [1.54, 1.807) is 19.2 Å². The highest BCUT2D eigenvalue weighted by atomic mass is 32.2. The normalized spacial score (nSPS) is 14.1. The molecule has 10 heteroatoms. The topological polar surface area (TPSA) is 101 Å². The number of aromatic nitrogens is 2. The van der Waals surface area contributed by atoms with Gasteiger partial charge in [0.05, 0.1) is 23.3 Å². The number of carbonyl (C=O) groups is 1. The van der Waals surface area contributed by atoms with E-state index < -0.39 is 10.0 Å². The number of sulfonamides is 1. The van der Waals surface area contributed by atoms with Crippen molar-refractivity contribution in [2.75, 3.05) is 31.3 Å². The molecule has 1 aromatic heterocycles. The summed E-state index contributed by atoms with van der Waals surface area (Å²) in [6.45, 7) is 1.10. The van der Waals surface area contributed by atoms with Crippen LogP contribution in [-0.2, 0) is 14.8 Å². The molecule has 0 bridgehead atoms. The van der Waals surface area contributed by atoms with Crippen LogP contribution in [0.2, 0.25) is 0 Å². The molecule has 1 aliphatic heterocycles. The van der Waals surface area contributed by atoms with Gasteiger partial charge >= 0.3 is 0 Å². The zero-order chi connectivity index (χ0) is 25.8. The van der Waals surface area contributed by atoms with E-state index in [2.05, 4.69) is 5.32 Å². The van der Waals surface area contributed by atoms with E-state index in [1.165, 1.54) is 28.2 Å². The Balaban J connectivity index is 1.32. The van der Waals surface area contributed by atoms with Crippen molar-refractivity contribution in [3.63, 3.8) is 0 Å². The van der Waals surface area contributed by atoms with E-state index in [9.17, 15) is 13.2 Å². The molecule has 0 radical (unpaired) electrons. The van der Waals surface area contributed by atoms with Crippen LogP contribution < -0.4 is 10.1 Å². The summed E-state index contributed by atoms with van der Waals surface area (Å²) in [6.07, 6.45) is 1.76. The molecule has 3 aromatic carbocycles. The fourth-order valence-electron chi connectivity index (χ4n) is 4.15. The average molecular weight is 535 g/mol. The summed E-state index contributed by atoms with van der Waals surface area (Å²) in [4.78, 5) is 22.4. The first-order valence-corrected chi connectivity index (χ1v) is 14.3. The lowest BCUT2D eigenvalue weighted by atomic mass is 10.2. The summed E-state index contributed by atoms with van der Waals surface area (Å²) in [5.74, 6) is 1.15. The number of thioether (sulfide) groups is 1. The van der Waals surface area contributed by atoms with Gasteiger partial charge in [0.15, 0.2) is 5.82 Å². The number of methoxy groups -OCH3 is 1. The van der Waals surface area contributed by atoms with E-state index in [-0.39, 0.29) is 16.6 Å². The summed E-state index contributed by atoms with van der Waals surface area (Å²) in [6, 6.07) is 21.6. The summed E-state index contributed by atoms with van der Waals surface area (Å²) in [5, 5.41) is 4.31. The van der Waals surface area contributed by atoms with Crippen molar-refractivity contribution in [1.82, 2.24) is 14.3 Å². The molecule has 1 aliphatic rings. The minimum Gasteiger partial charge on any atom is -0.497 e. The van der Waals surface area contributed by atoms with Crippen molar-refractivity contribution in [2.45, 2.75) is 22.8 Å². The van der Waals surface area contributed by atoms with Gasteiger partial charge in [-0.1, -0.05) is 42.1 Å². The molecule has 8 nitrogen and oxygen atoms in total. The Labute approximate surface area is 220 Å². The average Bonchev–Trinajstić information content (AvgIpc) is 3.48. The SMILES string of the molecule is COc1ccc2nc(-c3ccccc3)nc(SCC(=O)Nc3ccc(S(=O)(=O)N4CCCC4)cc3)c2c1. The third-order valence-corrected chi connectivity index (χ3v) is 8.98. The number of nitrogens with one attached hydrogen (secondary N) is 1. The van der Waals surface area contributed by atoms with Crippen LogP contribution in [0.5, 0.6) is 5.75 Å². The van der Waals surface area contributed by atoms with E-state index in [0.29, 0.717) is 35.4 Å². The molecule has 1 N–H and O–H groups in total. The highest BCUT2D eigenvalue weighted by molar-refractivity contribution is 8.00. The van der Waals surface area contributed by atoms with E-state index >= 15 is 0 Å². The predicted molar refractivity (Wildman–Crippen MR) is 145 cm³/mol. The maximum absolute atomic E-state index is 12.8. The van der Waals surface area contributed by atoms with Gasteiger partial charge in [-0.2, -0.15) is 4.31 Å². The smallest absolute Gasteiger partial charge is 0.243 e. The zero-order valence-corrected chi connectivity index (χ0v) is 21.9. The predicted octanol–water partition coefficient (Wildman–Crippen LogP) is 4.82. The van der Waals surface area contributed by atoms with Gasteiger partial charge in [-0.25, -0.2) is 18.4 Å². The molecule has 0 saturated carbocycles. The first-order valence-electron chi connectivity index (χ1n) is 11.9. The number of nitrogens with zero attached hydrogens (tertiary/aromatic N) is 3. The lowest BCUT2D eigenvalue weighted by Crippen LogP contribution is -2.27. The van der Waals surface area contributed by atoms with E-state index in [1.807, 2.05) is 48.5 Å². The van der Waals surface area contributed by atoms with Crippen LogP contribution in [-0.4, -0.2) is 54.6 Å². The number of amides is 1. The number of ether oxygens (including phenoxy) is 1. The minimum absolute atomic E-state index is 0.116. The Bertz CT molecular complexity index is 1520. The maximum atomic E-state index is 12.8. The molecule has 1 fully saturated rings. The van der Waals surface area contributed by atoms with Crippen molar-refractivity contribution in [1.29, 1.82) is 0 Å². The Morgan fingerprint density at radius 3 is 2.43 bits per heavy atom. The molecule has 5 rings (SSSR count). The van der Waals surface area contributed by atoms with Crippen LogP contribution in [0.25, 0.3) is 22.3 Å². The Morgan fingerprint density at radius 2 is 1.73 bits per heavy atom. The quantitative estimate of drug-likeness (QED) is 0.255. The maximum Gasteiger partial charge on any atom is 0.243 e. The first-order chi connectivity index (χ1) is 17.9. The largest absolute Gasteiger partial charge is 0.497 e. The Morgan fingerprint density at radius 1 is 1.00 bits per heavy atom. The summed E-state index contributed by atoms with van der Waals surface area (Å²) in [7, 11) is -1.89. The van der Waals surface area contributed by atoms with Crippen molar-refractivity contribution < 1.29 is 17.9 Å². The summed E-state index contributed by atoms with van der Waals surface area (Å²) >= 11 is 1.31. The molecule has 0 aliphatic carbocycles. The molecule has 0 spiro atoms. The number of benzene rings is 3. The fraction of sp³-hybridized carbons (Fsp3) is 0.222. The molecule has 0 atom stereocenters. The lowest BCUT2D eigenvalue weighted by molar-refractivity contribution is -0.113. The van der Waals surface area contributed by atoms with Crippen LogP contribution in [0.1, 0.15) is 12.8 Å². The van der Waals surface area contributed by atoms with Gasteiger partial charge in [-0.05, 0) is 55.3 Å². The molecular formula is C27H26N4O4S2. The third kappa shape index (κ3) is 5.61. The standard InChI is InChI=1S/C27H26N4O4S2/c1-35-21-11-14-24-23(17-21)27(30-26(29-24)19-7-3-2-4-8-19)36-18-25(32)28-20-9-12-22(13-10-20)37(33,34)31-15-5-6-16-31/h2-4,7-14,17H,5-6,15-16,18H2,1H3,(H,28,32). The second-order valence-corrected chi connectivity index (χ2v) is 11.5. The number of rotatable bonds is 8. The number of hydrogen-bond donors (Lipinski definition) is 1. The second kappa shape index (κ2) is 10.9. The van der Waals surface area contributed by atoms with Gasteiger partial charge < -0.3 is 10.1 Å². The highest BCUT2D eigenvalue weighted by Gasteiger charge is 2.27. The number of hydrogen-bond acceptors (Lipinski definition) is 7. The van der Waals surface area contributed by atoms with Crippen LogP contribution in [0.15, 0.2) is 82.7 Å². The third-order valence-electron chi connectivity index (χ3n) is 6.08. The number of fused-ring (bicyclic) bond motifs is 1.